The van der Waals surface area contributed by atoms with Crippen LogP contribution in [0, 0.1) is 0 Å². The zero-order valence-corrected chi connectivity index (χ0v) is 19.6. The largest absolute Gasteiger partial charge is 0.506 e. The van der Waals surface area contributed by atoms with E-state index < -0.39 is 5.97 Å². The molecule has 29 heavy (non-hydrogen) atoms. The first-order valence-electron chi connectivity index (χ1n) is 8.62. The summed E-state index contributed by atoms with van der Waals surface area (Å²) in [6, 6.07) is 13.0. The Hall–Kier alpha value is -2.03. The third-order valence-electron chi connectivity index (χ3n) is 3.88. The molecular formula is C21H17Br2NO4S. The Kier molecular flexibility index (Phi) is 7.21. The van der Waals surface area contributed by atoms with E-state index in [-0.39, 0.29) is 17.9 Å². The molecule has 0 atom stereocenters. The van der Waals surface area contributed by atoms with Crippen molar-refractivity contribution in [3.63, 3.8) is 0 Å². The summed E-state index contributed by atoms with van der Waals surface area (Å²) in [5.74, 6) is -0.167. The van der Waals surface area contributed by atoms with Crippen molar-refractivity contribution in [2.75, 3.05) is 13.7 Å². The Morgan fingerprint density at radius 2 is 1.97 bits per heavy atom. The molecule has 2 aromatic rings. The topological polar surface area (TPSA) is 68.1 Å². The molecule has 1 aliphatic rings. The van der Waals surface area contributed by atoms with Crippen LogP contribution in [-0.2, 0) is 9.53 Å². The number of esters is 1. The molecule has 0 aliphatic carbocycles. The number of nitrogens with zero attached hydrogens (tertiary/aromatic N) is 1. The zero-order valence-electron chi connectivity index (χ0n) is 15.6. The zero-order chi connectivity index (χ0) is 21.0. The van der Waals surface area contributed by atoms with Crippen LogP contribution in [0.3, 0.4) is 0 Å². The highest BCUT2D eigenvalue weighted by Gasteiger charge is 2.33. The number of hydrogen-bond donors (Lipinski definition) is 1. The second-order valence-electron chi connectivity index (χ2n) is 5.82. The van der Waals surface area contributed by atoms with E-state index in [1.54, 1.807) is 20.1 Å². The lowest BCUT2D eigenvalue weighted by Gasteiger charge is -2.09. The quantitative estimate of drug-likeness (QED) is 0.445. The fourth-order valence-corrected chi connectivity index (χ4v) is 5.10. The van der Waals surface area contributed by atoms with E-state index in [1.165, 1.54) is 11.8 Å². The lowest BCUT2D eigenvalue weighted by Crippen LogP contribution is -2.12. The fraction of sp³-hybridized carbons (Fsp3) is 0.143. The predicted octanol–water partition coefficient (Wildman–Crippen LogP) is 6.41. The maximum absolute atomic E-state index is 12.5. The minimum Gasteiger partial charge on any atom is -0.506 e. The monoisotopic (exact) mass is 537 g/mol. The van der Waals surface area contributed by atoms with Gasteiger partial charge >= 0.3 is 5.97 Å². The van der Waals surface area contributed by atoms with Crippen LogP contribution in [0.1, 0.15) is 12.5 Å². The summed E-state index contributed by atoms with van der Waals surface area (Å²) in [6.07, 6.45) is 1.75. The number of methoxy groups -OCH3 is 1. The van der Waals surface area contributed by atoms with Gasteiger partial charge in [0, 0.05) is 10.0 Å². The second kappa shape index (κ2) is 9.65. The number of aliphatic imine (C=N–C) groups is 1. The van der Waals surface area contributed by atoms with Crippen LogP contribution in [0.4, 0.5) is 5.69 Å². The van der Waals surface area contributed by atoms with Crippen LogP contribution in [0.5, 0.6) is 5.75 Å². The van der Waals surface area contributed by atoms with E-state index in [0.717, 1.165) is 14.5 Å². The first kappa shape index (κ1) is 21.7. The van der Waals surface area contributed by atoms with E-state index in [0.29, 0.717) is 21.4 Å². The second-order valence-corrected chi connectivity index (χ2v) is 8.62. The van der Waals surface area contributed by atoms with Crippen molar-refractivity contribution in [1.82, 2.24) is 0 Å². The van der Waals surface area contributed by atoms with Crippen LogP contribution < -0.4 is 4.74 Å². The molecule has 150 valence electrons. The van der Waals surface area contributed by atoms with Gasteiger partial charge in [0.2, 0.25) is 0 Å². The van der Waals surface area contributed by atoms with Crippen LogP contribution >= 0.6 is 43.6 Å². The van der Waals surface area contributed by atoms with Gasteiger partial charge in [0.15, 0.2) is 0 Å². The highest BCUT2D eigenvalue weighted by molar-refractivity contribution is 9.11. The summed E-state index contributed by atoms with van der Waals surface area (Å²) in [4.78, 5) is 17.5. The lowest BCUT2D eigenvalue weighted by atomic mass is 10.1. The summed E-state index contributed by atoms with van der Waals surface area (Å²) >= 11 is 8.13. The Balaban J connectivity index is 2.11. The Morgan fingerprint density at radius 3 is 2.62 bits per heavy atom. The highest BCUT2D eigenvalue weighted by atomic mass is 79.9. The maximum Gasteiger partial charge on any atom is 0.344 e. The third kappa shape index (κ3) is 4.94. The molecule has 1 heterocycles. The van der Waals surface area contributed by atoms with E-state index in [1.807, 2.05) is 42.5 Å². The van der Waals surface area contributed by atoms with Crippen molar-refractivity contribution in [3.05, 3.63) is 73.2 Å². The number of carbonyl (C=O) groups excluding carboxylic acids is 1. The van der Waals surface area contributed by atoms with Gasteiger partial charge in [-0.1, -0.05) is 45.9 Å². The van der Waals surface area contributed by atoms with Crippen molar-refractivity contribution in [2.45, 2.75) is 6.92 Å². The highest BCUT2D eigenvalue weighted by Crippen LogP contribution is 2.42. The molecule has 1 N–H and O–H groups in total. The number of halogens is 2. The predicted molar refractivity (Wildman–Crippen MR) is 124 cm³/mol. The Bertz CT molecular complexity index is 1030. The van der Waals surface area contributed by atoms with Crippen molar-refractivity contribution < 1.29 is 19.4 Å². The van der Waals surface area contributed by atoms with E-state index in [2.05, 4.69) is 36.9 Å². The summed E-state index contributed by atoms with van der Waals surface area (Å²) in [6.45, 7) is 1.91. The molecule has 0 saturated heterocycles. The fourth-order valence-electron chi connectivity index (χ4n) is 2.66. The van der Waals surface area contributed by atoms with Crippen LogP contribution in [-0.4, -0.2) is 29.8 Å². The first-order chi connectivity index (χ1) is 13.9. The van der Waals surface area contributed by atoms with Crippen LogP contribution in [0.25, 0.3) is 6.08 Å². The molecule has 2 aromatic carbocycles. The minimum atomic E-state index is -0.613. The molecule has 8 heteroatoms. The van der Waals surface area contributed by atoms with Crippen molar-refractivity contribution in [1.29, 1.82) is 0 Å². The molecule has 1 aliphatic heterocycles. The summed E-state index contributed by atoms with van der Waals surface area (Å²) in [5.41, 5.74) is 1.46. The summed E-state index contributed by atoms with van der Waals surface area (Å²) < 4.78 is 12.2. The van der Waals surface area contributed by atoms with E-state index in [4.69, 9.17) is 9.47 Å². The molecule has 0 amide bonds. The van der Waals surface area contributed by atoms with Crippen molar-refractivity contribution in [3.8, 4) is 5.75 Å². The normalized spacial score (nSPS) is 16.6. The Morgan fingerprint density at radius 1 is 1.24 bits per heavy atom. The van der Waals surface area contributed by atoms with Gasteiger partial charge in [0.25, 0.3) is 0 Å². The standard InChI is InChI=1S/C21H17Br2NO4S/c1-3-28-21(26)17-18(25)16(29-20(17)24-14-7-5-4-6-8-14)10-12-9-13(22)11-15(23)19(12)27-2/h4-11,25H,3H2,1-2H3/b16-10-,24-20?. The van der Waals surface area contributed by atoms with Crippen LogP contribution in [0.15, 0.2) is 72.6 Å². The van der Waals surface area contributed by atoms with Gasteiger partial charge in [-0.3, -0.25) is 0 Å². The number of ether oxygens (including phenoxy) is 2. The number of thioether (sulfide) groups is 1. The molecule has 5 nitrogen and oxygen atoms in total. The summed E-state index contributed by atoms with van der Waals surface area (Å²) in [7, 11) is 1.57. The molecule has 0 fully saturated rings. The molecule has 0 unspecified atom stereocenters. The number of hydrogen-bond acceptors (Lipinski definition) is 6. The van der Waals surface area contributed by atoms with Crippen LogP contribution in [0.2, 0.25) is 0 Å². The van der Waals surface area contributed by atoms with Gasteiger partial charge in [-0.05, 0) is 53.2 Å². The van der Waals surface area contributed by atoms with Gasteiger partial charge < -0.3 is 14.6 Å². The number of benzene rings is 2. The molecule has 0 aromatic heterocycles. The van der Waals surface area contributed by atoms with Gasteiger partial charge in [0.1, 0.15) is 22.1 Å². The molecule has 0 spiro atoms. The smallest absolute Gasteiger partial charge is 0.344 e. The molecule has 3 rings (SSSR count). The van der Waals surface area contributed by atoms with E-state index >= 15 is 0 Å². The summed E-state index contributed by atoms with van der Waals surface area (Å²) in [5, 5.41) is 11.2. The molecular weight excluding hydrogens is 522 g/mol. The van der Waals surface area contributed by atoms with Gasteiger partial charge in [-0.15, -0.1) is 0 Å². The lowest BCUT2D eigenvalue weighted by molar-refractivity contribution is -0.138. The number of rotatable bonds is 5. The van der Waals surface area contributed by atoms with E-state index in [9.17, 15) is 9.90 Å². The number of aliphatic hydroxyl groups is 1. The molecule has 0 saturated carbocycles. The Labute approximate surface area is 189 Å². The SMILES string of the molecule is CCOC(=O)C1=C(O)/C(=C/c2cc(Br)cc(Br)c2OC)SC1=Nc1ccccc1. The maximum atomic E-state index is 12.5. The van der Waals surface area contributed by atoms with Gasteiger partial charge in [-0.25, -0.2) is 9.79 Å². The van der Waals surface area contributed by atoms with Gasteiger partial charge in [-0.2, -0.15) is 0 Å². The third-order valence-corrected chi connectivity index (χ3v) is 5.95. The average molecular weight is 539 g/mol. The number of carbonyl (C=O) groups is 1. The first-order valence-corrected chi connectivity index (χ1v) is 11.0. The number of aliphatic hydroxyl groups excluding tert-OH is 1. The molecule has 0 radical (unpaired) electrons. The average Bonchev–Trinajstić information content (AvgIpc) is 2.97. The van der Waals surface area contributed by atoms with Crippen molar-refractivity contribution >= 4 is 66.4 Å². The molecule has 0 bridgehead atoms. The minimum absolute atomic E-state index is 0.0555. The van der Waals surface area contributed by atoms with Crippen molar-refractivity contribution in [2.24, 2.45) is 4.99 Å². The van der Waals surface area contributed by atoms with Gasteiger partial charge in [0.05, 0.1) is 28.8 Å². The number of para-hydroxylation sites is 1.